The minimum Gasteiger partial charge on any atom is -0.295 e. The Balaban J connectivity index is 2.03. The number of halogens is 3. The summed E-state index contributed by atoms with van der Waals surface area (Å²) < 4.78 is 1.02. The van der Waals surface area contributed by atoms with E-state index >= 15 is 0 Å². The Kier molecular flexibility index (Phi) is 4.74. The van der Waals surface area contributed by atoms with Crippen LogP contribution in [0.5, 0.6) is 0 Å². The summed E-state index contributed by atoms with van der Waals surface area (Å²) in [7, 11) is 0. The van der Waals surface area contributed by atoms with Crippen molar-refractivity contribution in [1.29, 1.82) is 0 Å². The average molecular weight is 417 g/mol. The summed E-state index contributed by atoms with van der Waals surface area (Å²) >= 11 is 17.4. The number of amides is 1. The second-order valence-electron chi connectivity index (χ2n) is 5.03. The van der Waals surface area contributed by atoms with Gasteiger partial charge in [-0.25, -0.2) is 0 Å². The number of thioether (sulfide) groups is 1. The van der Waals surface area contributed by atoms with E-state index < -0.39 is 0 Å². The maximum absolute atomic E-state index is 12.4. The molecule has 0 spiro atoms. The van der Waals surface area contributed by atoms with Crippen molar-refractivity contribution < 1.29 is 4.79 Å². The van der Waals surface area contributed by atoms with Crippen LogP contribution in [-0.4, -0.2) is 11.7 Å². The molecule has 1 amide bonds. The first-order chi connectivity index (χ1) is 10.5. The van der Waals surface area contributed by atoms with Crippen LogP contribution in [0, 0.1) is 6.92 Å². The van der Waals surface area contributed by atoms with E-state index in [-0.39, 0.29) is 11.3 Å². The number of nitrogens with zero attached hydrogens (tertiary/aromatic N) is 1. The number of aryl methyl sites for hydroxylation is 1. The van der Waals surface area contributed by atoms with Gasteiger partial charge in [-0.1, -0.05) is 45.2 Å². The summed E-state index contributed by atoms with van der Waals surface area (Å²) in [5.41, 5.74) is 2.87. The van der Waals surface area contributed by atoms with Crippen LogP contribution in [0.15, 0.2) is 40.9 Å². The molecule has 22 heavy (non-hydrogen) atoms. The Morgan fingerprint density at radius 3 is 2.68 bits per heavy atom. The van der Waals surface area contributed by atoms with Gasteiger partial charge in [-0.15, -0.1) is 11.8 Å². The van der Waals surface area contributed by atoms with Crippen LogP contribution in [-0.2, 0) is 4.79 Å². The average Bonchev–Trinajstić information content (AvgIpc) is 2.84. The third kappa shape index (κ3) is 3.02. The number of rotatable bonds is 2. The number of carbonyl (C=O) groups excluding carboxylic acids is 1. The van der Waals surface area contributed by atoms with Gasteiger partial charge in [-0.2, -0.15) is 0 Å². The van der Waals surface area contributed by atoms with E-state index in [4.69, 9.17) is 23.2 Å². The first kappa shape index (κ1) is 16.2. The molecule has 1 fully saturated rings. The molecule has 0 N–H and O–H groups in total. The molecule has 1 saturated heterocycles. The Bertz CT molecular complexity index is 753. The zero-order valence-electron chi connectivity index (χ0n) is 11.6. The Hall–Kier alpha value is -0.680. The first-order valence-electron chi connectivity index (χ1n) is 6.62. The highest BCUT2D eigenvalue weighted by Gasteiger charge is 2.35. The van der Waals surface area contributed by atoms with Crippen molar-refractivity contribution in [3.05, 3.63) is 62.0 Å². The summed E-state index contributed by atoms with van der Waals surface area (Å²) in [6, 6.07) is 11.3. The molecular weight excluding hydrogens is 405 g/mol. The second kappa shape index (κ2) is 6.44. The van der Waals surface area contributed by atoms with Crippen LogP contribution in [0.1, 0.15) is 16.5 Å². The Morgan fingerprint density at radius 1 is 1.23 bits per heavy atom. The van der Waals surface area contributed by atoms with E-state index in [0.717, 1.165) is 21.3 Å². The number of hydrogen-bond acceptors (Lipinski definition) is 2. The van der Waals surface area contributed by atoms with Crippen LogP contribution in [0.3, 0.4) is 0 Å². The number of benzene rings is 2. The minimum absolute atomic E-state index is 0.0859. The minimum atomic E-state index is -0.127. The molecule has 2 aromatic rings. The molecule has 0 aliphatic carbocycles. The van der Waals surface area contributed by atoms with Gasteiger partial charge in [0.25, 0.3) is 0 Å². The van der Waals surface area contributed by atoms with Crippen molar-refractivity contribution in [2.24, 2.45) is 0 Å². The van der Waals surface area contributed by atoms with E-state index in [1.807, 2.05) is 31.2 Å². The van der Waals surface area contributed by atoms with Gasteiger partial charge in [0, 0.05) is 25.8 Å². The summed E-state index contributed by atoms with van der Waals surface area (Å²) in [6.45, 7) is 2.01. The van der Waals surface area contributed by atoms with Crippen molar-refractivity contribution in [2.45, 2.75) is 12.3 Å². The van der Waals surface area contributed by atoms with Gasteiger partial charge < -0.3 is 0 Å². The summed E-state index contributed by atoms with van der Waals surface area (Å²) in [6.07, 6.45) is 0. The first-order valence-corrected chi connectivity index (χ1v) is 9.22. The standard InChI is InChI=1S/C16H12BrCl2NOS/c1-9-6-11(3-5-13(9)17)20-15(21)8-22-16(20)12-4-2-10(18)7-14(12)19/h2-7,16H,8H2,1H3/t16-/m0/s1. The normalized spacial score (nSPS) is 18.1. The van der Waals surface area contributed by atoms with Gasteiger partial charge in [-0.05, 0) is 42.8 Å². The lowest BCUT2D eigenvalue weighted by Gasteiger charge is -2.25. The highest BCUT2D eigenvalue weighted by atomic mass is 79.9. The van der Waals surface area contributed by atoms with E-state index in [0.29, 0.717) is 15.8 Å². The molecule has 6 heteroatoms. The molecule has 114 valence electrons. The summed E-state index contributed by atoms with van der Waals surface area (Å²) in [5.74, 6) is 0.529. The molecule has 1 heterocycles. The highest BCUT2D eigenvalue weighted by molar-refractivity contribution is 9.10. The molecular formula is C16H12BrCl2NOS. The van der Waals surface area contributed by atoms with Gasteiger partial charge in [0.2, 0.25) is 5.91 Å². The number of anilines is 1. The zero-order chi connectivity index (χ0) is 15.9. The lowest BCUT2D eigenvalue weighted by Crippen LogP contribution is -2.28. The zero-order valence-corrected chi connectivity index (χ0v) is 15.6. The second-order valence-corrected chi connectivity index (χ2v) is 7.79. The van der Waals surface area contributed by atoms with Crippen LogP contribution < -0.4 is 4.90 Å². The highest BCUT2D eigenvalue weighted by Crippen LogP contribution is 2.44. The number of hydrogen-bond donors (Lipinski definition) is 0. The van der Waals surface area contributed by atoms with Crippen molar-refractivity contribution in [1.82, 2.24) is 0 Å². The van der Waals surface area contributed by atoms with Gasteiger partial charge in [0.05, 0.1) is 5.75 Å². The lowest BCUT2D eigenvalue weighted by atomic mass is 10.1. The number of carbonyl (C=O) groups is 1. The molecule has 2 aromatic carbocycles. The predicted molar refractivity (Wildman–Crippen MR) is 98.0 cm³/mol. The van der Waals surface area contributed by atoms with Gasteiger partial charge in [-0.3, -0.25) is 9.69 Å². The van der Waals surface area contributed by atoms with E-state index in [1.165, 1.54) is 0 Å². The Morgan fingerprint density at radius 2 is 2.00 bits per heavy atom. The lowest BCUT2D eigenvalue weighted by molar-refractivity contribution is -0.115. The van der Waals surface area contributed by atoms with Crippen molar-refractivity contribution >= 4 is 62.5 Å². The maximum atomic E-state index is 12.4. The van der Waals surface area contributed by atoms with Crippen molar-refractivity contribution in [3.63, 3.8) is 0 Å². The van der Waals surface area contributed by atoms with Crippen molar-refractivity contribution in [3.8, 4) is 0 Å². The molecule has 2 nitrogen and oxygen atoms in total. The van der Waals surface area contributed by atoms with E-state index in [2.05, 4.69) is 15.9 Å². The van der Waals surface area contributed by atoms with Gasteiger partial charge in [0.15, 0.2) is 0 Å². The maximum Gasteiger partial charge on any atom is 0.238 e. The fraction of sp³-hybridized carbons (Fsp3) is 0.188. The third-order valence-corrected chi connectivity index (χ3v) is 6.16. The molecule has 3 rings (SSSR count). The quantitative estimate of drug-likeness (QED) is 0.612. The molecule has 0 radical (unpaired) electrons. The molecule has 0 unspecified atom stereocenters. The van der Waals surface area contributed by atoms with Crippen LogP contribution in [0.4, 0.5) is 5.69 Å². The molecule has 0 bridgehead atoms. The van der Waals surface area contributed by atoms with E-state index in [1.54, 1.807) is 28.8 Å². The van der Waals surface area contributed by atoms with Gasteiger partial charge >= 0.3 is 0 Å². The summed E-state index contributed by atoms with van der Waals surface area (Å²) in [5, 5.41) is 1.05. The largest absolute Gasteiger partial charge is 0.295 e. The Labute approximate surface area is 151 Å². The fourth-order valence-corrected chi connectivity index (χ4v) is 4.45. The topological polar surface area (TPSA) is 20.3 Å². The molecule has 0 aromatic heterocycles. The van der Waals surface area contributed by atoms with Crippen LogP contribution in [0.25, 0.3) is 0 Å². The molecule has 0 saturated carbocycles. The third-order valence-electron chi connectivity index (χ3n) is 3.52. The summed E-state index contributed by atoms with van der Waals surface area (Å²) in [4.78, 5) is 14.2. The molecule has 1 aliphatic heterocycles. The monoisotopic (exact) mass is 415 g/mol. The van der Waals surface area contributed by atoms with Crippen LogP contribution in [0.2, 0.25) is 10.0 Å². The van der Waals surface area contributed by atoms with E-state index in [9.17, 15) is 4.79 Å². The fourth-order valence-electron chi connectivity index (χ4n) is 2.41. The van der Waals surface area contributed by atoms with Gasteiger partial charge in [0.1, 0.15) is 5.37 Å². The SMILES string of the molecule is Cc1cc(N2C(=O)CS[C@H]2c2ccc(Cl)cc2Cl)ccc1Br. The molecule has 1 aliphatic rings. The van der Waals surface area contributed by atoms with Crippen molar-refractivity contribution in [2.75, 3.05) is 10.7 Å². The molecule has 1 atom stereocenters. The smallest absolute Gasteiger partial charge is 0.238 e. The van der Waals surface area contributed by atoms with Crippen LogP contribution >= 0.6 is 50.9 Å². The predicted octanol–water partition coefficient (Wildman–Crippen LogP) is 5.84.